The molecule has 1 aromatic rings. The Hall–Kier alpha value is -0.480. The van der Waals surface area contributed by atoms with E-state index in [1.165, 1.54) is 0 Å². The molecule has 1 atom stereocenters. The van der Waals surface area contributed by atoms with Crippen LogP contribution in [0.4, 0.5) is 0 Å². The maximum absolute atomic E-state index is 11.9. The van der Waals surface area contributed by atoms with Crippen molar-refractivity contribution in [3.63, 3.8) is 0 Å². The first-order chi connectivity index (χ1) is 8.61. The van der Waals surface area contributed by atoms with E-state index in [0.717, 1.165) is 12.8 Å². The zero-order valence-electron chi connectivity index (χ0n) is 10.4. The highest BCUT2D eigenvalue weighted by molar-refractivity contribution is 6.36. The predicted molar refractivity (Wildman–Crippen MR) is 81.1 cm³/mol. The molecule has 3 nitrogen and oxygen atoms in total. The summed E-state index contributed by atoms with van der Waals surface area (Å²) in [6, 6.07) is 5.31. The quantitative estimate of drug-likeness (QED) is 0.875. The van der Waals surface area contributed by atoms with Gasteiger partial charge in [-0.05, 0) is 36.5 Å². The van der Waals surface area contributed by atoms with Crippen LogP contribution in [0.3, 0.4) is 0 Å². The summed E-state index contributed by atoms with van der Waals surface area (Å²) in [5.74, 6) is 0.466. The molecular formula is C13H17Cl3N2O. The molecule has 6 heteroatoms. The number of rotatable bonds is 5. The van der Waals surface area contributed by atoms with E-state index in [1.807, 2.05) is 0 Å². The van der Waals surface area contributed by atoms with E-state index in [0.29, 0.717) is 28.1 Å². The summed E-state index contributed by atoms with van der Waals surface area (Å²) in [6.07, 6.45) is 2.49. The van der Waals surface area contributed by atoms with Crippen molar-refractivity contribution in [3.05, 3.63) is 33.8 Å². The van der Waals surface area contributed by atoms with Gasteiger partial charge in [0.2, 0.25) is 5.91 Å². The van der Waals surface area contributed by atoms with Crippen molar-refractivity contribution in [2.75, 3.05) is 6.54 Å². The fourth-order valence-corrected chi connectivity index (χ4v) is 2.52. The lowest BCUT2D eigenvalue weighted by atomic mass is 10.1. The Bertz CT molecular complexity index is 429. The standard InChI is InChI=1S/C13H16Cl2N2O.ClH/c14-10-2-1-3-11(15)9(10)6-13(18)17-12(7-16)8-4-5-8;/h1-3,8,12H,4-7,16H2,(H,17,18);1H. The molecule has 0 bridgehead atoms. The van der Waals surface area contributed by atoms with E-state index in [-0.39, 0.29) is 30.8 Å². The third-order valence-electron chi connectivity index (χ3n) is 3.19. The van der Waals surface area contributed by atoms with E-state index in [4.69, 9.17) is 28.9 Å². The Morgan fingerprint density at radius 1 is 1.37 bits per heavy atom. The molecule has 0 aliphatic heterocycles. The minimum Gasteiger partial charge on any atom is -0.352 e. The molecule has 1 aromatic carbocycles. The number of carbonyl (C=O) groups excluding carboxylic acids is 1. The maximum atomic E-state index is 11.9. The van der Waals surface area contributed by atoms with Gasteiger partial charge in [-0.1, -0.05) is 29.3 Å². The average Bonchev–Trinajstić information content (AvgIpc) is 3.15. The third-order valence-corrected chi connectivity index (χ3v) is 3.90. The van der Waals surface area contributed by atoms with Crippen LogP contribution in [0.25, 0.3) is 0 Å². The van der Waals surface area contributed by atoms with Gasteiger partial charge >= 0.3 is 0 Å². The number of benzene rings is 1. The molecule has 1 unspecified atom stereocenters. The molecule has 1 aliphatic rings. The monoisotopic (exact) mass is 322 g/mol. The second-order valence-electron chi connectivity index (χ2n) is 4.62. The summed E-state index contributed by atoms with van der Waals surface area (Å²) < 4.78 is 0. The second kappa shape index (κ2) is 7.34. The highest BCUT2D eigenvalue weighted by atomic mass is 35.5. The van der Waals surface area contributed by atoms with Gasteiger partial charge in [-0.15, -0.1) is 12.4 Å². The van der Waals surface area contributed by atoms with Crippen LogP contribution in [0, 0.1) is 5.92 Å². The van der Waals surface area contributed by atoms with Gasteiger partial charge in [0.25, 0.3) is 0 Å². The van der Waals surface area contributed by atoms with Gasteiger partial charge in [0.05, 0.1) is 6.42 Å². The van der Waals surface area contributed by atoms with E-state index < -0.39 is 0 Å². The maximum Gasteiger partial charge on any atom is 0.224 e. The highest BCUT2D eigenvalue weighted by Crippen LogP contribution is 2.32. The van der Waals surface area contributed by atoms with Gasteiger partial charge in [-0.3, -0.25) is 4.79 Å². The zero-order chi connectivity index (χ0) is 13.1. The van der Waals surface area contributed by atoms with Gasteiger partial charge in [0.1, 0.15) is 0 Å². The Kier molecular flexibility index (Phi) is 6.40. The lowest BCUT2D eigenvalue weighted by molar-refractivity contribution is -0.121. The van der Waals surface area contributed by atoms with Gasteiger partial charge in [-0.2, -0.15) is 0 Å². The molecule has 0 spiro atoms. The lowest BCUT2D eigenvalue weighted by Crippen LogP contribution is -2.42. The van der Waals surface area contributed by atoms with Crippen molar-refractivity contribution >= 4 is 41.5 Å². The number of amides is 1. The number of halogens is 3. The molecule has 2 rings (SSSR count). The molecule has 0 radical (unpaired) electrons. The molecule has 3 N–H and O–H groups in total. The molecule has 1 fully saturated rings. The molecule has 1 amide bonds. The largest absolute Gasteiger partial charge is 0.352 e. The first-order valence-corrected chi connectivity index (χ1v) is 6.79. The molecule has 0 aromatic heterocycles. The summed E-state index contributed by atoms with van der Waals surface area (Å²) in [7, 11) is 0. The molecular weight excluding hydrogens is 307 g/mol. The van der Waals surface area contributed by atoms with Crippen LogP contribution in [-0.2, 0) is 11.2 Å². The number of carbonyl (C=O) groups is 1. The molecule has 19 heavy (non-hydrogen) atoms. The minimum atomic E-state index is -0.0765. The van der Waals surface area contributed by atoms with Crippen LogP contribution >= 0.6 is 35.6 Å². The average molecular weight is 324 g/mol. The van der Waals surface area contributed by atoms with Crippen LogP contribution in [0.1, 0.15) is 18.4 Å². The molecule has 0 heterocycles. The summed E-state index contributed by atoms with van der Waals surface area (Å²) in [4.78, 5) is 11.9. The van der Waals surface area contributed by atoms with Crippen molar-refractivity contribution in [3.8, 4) is 0 Å². The summed E-state index contributed by atoms with van der Waals surface area (Å²) >= 11 is 12.1. The highest BCUT2D eigenvalue weighted by Gasteiger charge is 2.31. The van der Waals surface area contributed by atoms with Gasteiger partial charge < -0.3 is 11.1 Å². The summed E-state index contributed by atoms with van der Waals surface area (Å²) in [5, 5.41) is 3.99. The Labute approximate surface area is 129 Å². The third kappa shape index (κ3) is 4.53. The van der Waals surface area contributed by atoms with Gasteiger partial charge in [0, 0.05) is 22.6 Å². The minimum absolute atomic E-state index is 0. The number of hydrogen-bond donors (Lipinski definition) is 2. The second-order valence-corrected chi connectivity index (χ2v) is 5.44. The van der Waals surface area contributed by atoms with Crippen LogP contribution in [0.2, 0.25) is 10.0 Å². The van der Waals surface area contributed by atoms with E-state index >= 15 is 0 Å². The fourth-order valence-electron chi connectivity index (χ4n) is 1.99. The molecule has 0 saturated heterocycles. The SMILES string of the molecule is Cl.NCC(NC(=O)Cc1c(Cl)cccc1Cl)C1CC1. The fraction of sp³-hybridized carbons (Fsp3) is 0.462. The molecule has 1 saturated carbocycles. The van der Waals surface area contributed by atoms with Crippen molar-refractivity contribution < 1.29 is 4.79 Å². The molecule has 106 valence electrons. The Morgan fingerprint density at radius 2 is 1.95 bits per heavy atom. The molecule has 1 aliphatic carbocycles. The van der Waals surface area contributed by atoms with Gasteiger partial charge in [0.15, 0.2) is 0 Å². The van der Waals surface area contributed by atoms with Crippen molar-refractivity contribution in [1.82, 2.24) is 5.32 Å². The van der Waals surface area contributed by atoms with E-state index in [9.17, 15) is 4.79 Å². The van der Waals surface area contributed by atoms with Crippen molar-refractivity contribution in [1.29, 1.82) is 0 Å². The first-order valence-electron chi connectivity index (χ1n) is 6.04. The first kappa shape index (κ1) is 16.6. The normalized spacial score (nSPS) is 15.5. The lowest BCUT2D eigenvalue weighted by Gasteiger charge is -2.16. The van der Waals surface area contributed by atoms with Crippen LogP contribution in [-0.4, -0.2) is 18.5 Å². The van der Waals surface area contributed by atoms with E-state index in [2.05, 4.69) is 5.32 Å². The summed E-state index contributed by atoms with van der Waals surface area (Å²) in [6.45, 7) is 0.479. The van der Waals surface area contributed by atoms with Crippen LogP contribution in [0.15, 0.2) is 18.2 Å². The van der Waals surface area contributed by atoms with Crippen LogP contribution < -0.4 is 11.1 Å². The summed E-state index contributed by atoms with van der Waals surface area (Å²) in [5.41, 5.74) is 6.32. The number of nitrogens with one attached hydrogen (secondary N) is 1. The predicted octanol–water partition coefficient (Wildman–Crippen LogP) is 2.81. The topological polar surface area (TPSA) is 55.1 Å². The van der Waals surface area contributed by atoms with Crippen molar-refractivity contribution in [2.45, 2.75) is 25.3 Å². The number of hydrogen-bond acceptors (Lipinski definition) is 2. The van der Waals surface area contributed by atoms with E-state index in [1.54, 1.807) is 18.2 Å². The Balaban J connectivity index is 0.00000180. The number of nitrogens with two attached hydrogens (primary N) is 1. The Morgan fingerprint density at radius 3 is 2.42 bits per heavy atom. The zero-order valence-corrected chi connectivity index (χ0v) is 12.7. The smallest absolute Gasteiger partial charge is 0.224 e. The van der Waals surface area contributed by atoms with Crippen LogP contribution in [0.5, 0.6) is 0 Å². The van der Waals surface area contributed by atoms with Crippen molar-refractivity contribution in [2.24, 2.45) is 11.7 Å². The van der Waals surface area contributed by atoms with Gasteiger partial charge in [-0.25, -0.2) is 0 Å².